The maximum absolute atomic E-state index is 12.6. The van der Waals surface area contributed by atoms with Gasteiger partial charge in [-0.15, -0.1) is 0 Å². The molecule has 0 atom stereocenters. The molecule has 1 aromatic carbocycles. The zero-order valence-corrected chi connectivity index (χ0v) is 12.8. The number of benzene rings is 1. The van der Waals surface area contributed by atoms with Crippen LogP contribution in [0.15, 0.2) is 48.4 Å². The van der Waals surface area contributed by atoms with E-state index in [9.17, 15) is 18.0 Å². The van der Waals surface area contributed by atoms with Crippen LogP contribution < -0.4 is 4.74 Å². The normalized spacial score (nSPS) is 10.3. The predicted molar refractivity (Wildman–Crippen MR) is 80.1 cm³/mol. The summed E-state index contributed by atoms with van der Waals surface area (Å²) in [5.41, 5.74) is 1.61. The largest absolute Gasteiger partial charge is 0.497 e. The number of aromatic nitrogens is 2. The highest BCUT2D eigenvalue weighted by Crippen LogP contribution is 2.20. The fraction of sp³-hybridized carbons (Fsp3) is 0.250. The first kappa shape index (κ1) is 17.6. The summed E-state index contributed by atoms with van der Waals surface area (Å²) in [4.78, 5) is 11.2. The summed E-state index contributed by atoms with van der Waals surface area (Å²) >= 11 is 0. The van der Waals surface area contributed by atoms with Gasteiger partial charge in [-0.05, 0) is 30.3 Å². The van der Waals surface area contributed by atoms with Crippen LogP contribution in [0.3, 0.4) is 0 Å². The number of halogens is 3. The molecule has 0 aliphatic heterocycles. The molecule has 5 nitrogen and oxygen atoms in total. The van der Waals surface area contributed by atoms with Gasteiger partial charge in [0.1, 0.15) is 18.8 Å². The number of rotatable bonds is 7. The average molecular weight is 340 g/mol. The maximum Gasteiger partial charge on any atom is 0.312 e. The Morgan fingerprint density at radius 2 is 1.88 bits per heavy atom. The van der Waals surface area contributed by atoms with Gasteiger partial charge in [-0.25, -0.2) is 4.39 Å². The molecule has 0 aliphatic carbocycles. The van der Waals surface area contributed by atoms with Crippen molar-refractivity contribution in [3.05, 3.63) is 48.4 Å². The quantitative estimate of drug-likeness (QED) is 0.723. The zero-order chi connectivity index (χ0) is 17.5. The molecule has 0 radical (unpaired) electrons. The van der Waals surface area contributed by atoms with E-state index in [1.165, 1.54) is 4.68 Å². The standard InChI is InChI=1S/C16H15F3N2O3/c1-23-12-4-2-11(3-5-12)14-6-7-21(20-14)8-9-24-15(22)10-13(17)16(18)19/h2-7H,8-10H2,1H3. The minimum Gasteiger partial charge on any atom is -0.497 e. The fourth-order valence-electron chi connectivity index (χ4n) is 1.90. The third kappa shape index (κ3) is 4.87. The van der Waals surface area contributed by atoms with Crippen LogP contribution in [0.4, 0.5) is 13.2 Å². The van der Waals surface area contributed by atoms with Crippen LogP contribution in [0.1, 0.15) is 6.42 Å². The monoisotopic (exact) mass is 340 g/mol. The van der Waals surface area contributed by atoms with E-state index >= 15 is 0 Å². The van der Waals surface area contributed by atoms with Crippen molar-refractivity contribution >= 4 is 5.97 Å². The lowest BCUT2D eigenvalue weighted by Crippen LogP contribution is -2.11. The lowest BCUT2D eigenvalue weighted by atomic mass is 10.1. The highest BCUT2D eigenvalue weighted by Gasteiger charge is 2.12. The summed E-state index contributed by atoms with van der Waals surface area (Å²) in [5, 5.41) is 4.30. The SMILES string of the molecule is COc1ccc(-c2ccn(CCOC(=O)CC(F)=C(F)F)n2)cc1. The maximum atomic E-state index is 12.6. The zero-order valence-electron chi connectivity index (χ0n) is 12.8. The van der Waals surface area contributed by atoms with E-state index in [1.54, 1.807) is 19.4 Å². The van der Waals surface area contributed by atoms with Crippen LogP contribution in [0, 0.1) is 0 Å². The Morgan fingerprint density at radius 1 is 1.17 bits per heavy atom. The lowest BCUT2D eigenvalue weighted by molar-refractivity contribution is -0.143. The van der Waals surface area contributed by atoms with E-state index in [1.807, 2.05) is 24.3 Å². The summed E-state index contributed by atoms with van der Waals surface area (Å²) in [5.74, 6) is -2.10. The summed E-state index contributed by atoms with van der Waals surface area (Å²) < 4.78 is 47.6. The van der Waals surface area contributed by atoms with Crippen molar-refractivity contribution in [2.75, 3.05) is 13.7 Å². The molecule has 0 saturated carbocycles. The minimum atomic E-state index is -2.51. The number of esters is 1. The smallest absolute Gasteiger partial charge is 0.312 e. The van der Waals surface area contributed by atoms with Gasteiger partial charge >= 0.3 is 12.0 Å². The molecule has 0 unspecified atom stereocenters. The van der Waals surface area contributed by atoms with Crippen molar-refractivity contribution in [2.45, 2.75) is 13.0 Å². The van der Waals surface area contributed by atoms with E-state index in [-0.39, 0.29) is 13.2 Å². The molecule has 8 heteroatoms. The Morgan fingerprint density at radius 3 is 2.50 bits per heavy atom. The highest BCUT2D eigenvalue weighted by atomic mass is 19.3. The molecule has 24 heavy (non-hydrogen) atoms. The van der Waals surface area contributed by atoms with Crippen LogP contribution in [-0.4, -0.2) is 29.5 Å². The number of ether oxygens (including phenoxy) is 2. The molecule has 1 aromatic heterocycles. The van der Waals surface area contributed by atoms with Gasteiger partial charge in [0.25, 0.3) is 0 Å². The van der Waals surface area contributed by atoms with E-state index in [0.29, 0.717) is 0 Å². The molecular weight excluding hydrogens is 325 g/mol. The van der Waals surface area contributed by atoms with Gasteiger partial charge in [0.15, 0.2) is 5.83 Å². The average Bonchev–Trinajstić information content (AvgIpc) is 3.03. The first-order valence-electron chi connectivity index (χ1n) is 7.02. The van der Waals surface area contributed by atoms with Gasteiger partial charge in [-0.2, -0.15) is 13.9 Å². The number of methoxy groups -OCH3 is 1. The van der Waals surface area contributed by atoms with Gasteiger partial charge < -0.3 is 9.47 Å². The number of carbonyl (C=O) groups excluding carboxylic acids is 1. The third-order valence-electron chi connectivity index (χ3n) is 3.11. The molecule has 1 heterocycles. The Hall–Kier alpha value is -2.77. The van der Waals surface area contributed by atoms with E-state index in [4.69, 9.17) is 4.74 Å². The predicted octanol–water partition coefficient (Wildman–Crippen LogP) is 3.57. The Balaban J connectivity index is 1.85. The van der Waals surface area contributed by atoms with E-state index < -0.39 is 24.3 Å². The van der Waals surface area contributed by atoms with E-state index in [0.717, 1.165) is 17.0 Å². The molecule has 2 rings (SSSR count). The first-order valence-corrected chi connectivity index (χ1v) is 7.02. The molecule has 0 N–H and O–H groups in total. The number of hydrogen-bond donors (Lipinski definition) is 0. The second-order valence-electron chi connectivity index (χ2n) is 4.76. The number of carbonyl (C=O) groups is 1. The van der Waals surface area contributed by atoms with Crippen molar-refractivity contribution < 1.29 is 27.4 Å². The number of hydrogen-bond acceptors (Lipinski definition) is 4. The van der Waals surface area contributed by atoms with Crippen LogP contribution in [0.25, 0.3) is 11.3 Å². The van der Waals surface area contributed by atoms with Crippen molar-refractivity contribution in [3.8, 4) is 17.0 Å². The van der Waals surface area contributed by atoms with Gasteiger partial charge in [0, 0.05) is 11.8 Å². The molecule has 0 bridgehead atoms. The Bertz CT molecular complexity index is 722. The second kappa shape index (κ2) is 8.19. The van der Waals surface area contributed by atoms with Crippen molar-refractivity contribution in [2.24, 2.45) is 0 Å². The second-order valence-corrected chi connectivity index (χ2v) is 4.76. The van der Waals surface area contributed by atoms with Gasteiger partial charge in [-0.3, -0.25) is 9.48 Å². The van der Waals surface area contributed by atoms with Crippen molar-refractivity contribution in [1.82, 2.24) is 9.78 Å². The first-order chi connectivity index (χ1) is 11.5. The Labute approximate surface area is 136 Å². The summed E-state index contributed by atoms with van der Waals surface area (Å²) in [7, 11) is 1.58. The Kier molecular flexibility index (Phi) is 6.00. The highest BCUT2D eigenvalue weighted by molar-refractivity contribution is 5.71. The molecule has 0 fully saturated rings. The molecule has 0 spiro atoms. The minimum absolute atomic E-state index is 0.0935. The van der Waals surface area contributed by atoms with Crippen LogP contribution in [0.2, 0.25) is 0 Å². The topological polar surface area (TPSA) is 53.4 Å². The molecule has 2 aromatic rings. The molecular formula is C16H15F3N2O3. The van der Waals surface area contributed by atoms with Crippen LogP contribution >= 0.6 is 0 Å². The van der Waals surface area contributed by atoms with Crippen molar-refractivity contribution in [1.29, 1.82) is 0 Å². The fourth-order valence-corrected chi connectivity index (χ4v) is 1.90. The number of nitrogens with zero attached hydrogens (tertiary/aromatic N) is 2. The van der Waals surface area contributed by atoms with Gasteiger partial charge in [-0.1, -0.05) is 0 Å². The molecule has 0 aliphatic rings. The molecule has 128 valence electrons. The van der Waals surface area contributed by atoms with E-state index in [2.05, 4.69) is 9.84 Å². The van der Waals surface area contributed by atoms with Crippen LogP contribution in [0.5, 0.6) is 5.75 Å². The van der Waals surface area contributed by atoms with Gasteiger partial charge in [0.2, 0.25) is 0 Å². The summed E-state index contributed by atoms with van der Waals surface area (Å²) in [6.07, 6.45) is -1.89. The molecule has 0 saturated heterocycles. The summed E-state index contributed by atoms with van der Waals surface area (Å²) in [6.45, 7) is 0.134. The van der Waals surface area contributed by atoms with Crippen LogP contribution in [-0.2, 0) is 16.1 Å². The lowest BCUT2D eigenvalue weighted by Gasteiger charge is -2.04. The van der Waals surface area contributed by atoms with Gasteiger partial charge in [0.05, 0.1) is 19.3 Å². The van der Waals surface area contributed by atoms with Crippen molar-refractivity contribution in [3.63, 3.8) is 0 Å². The molecule has 0 amide bonds. The summed E-state index contributed by atoms with van der Waals surface area (Å²) in [6, 6.07) is 9.10. The third-order valence-corrected chi connectivity index (χ3v) is 3.11.